The molecule has 0 nitrogen and oxygen atoms in total. The summed E-state index contributed by atoms with van der Waals surface area (Å²) in [7, 11) is 0. The van der Waals surface area contributed by atoms with Crippen molar-refractivity contribution in [3.63, 3.8) is 0 Å². The van der Waals surface area contributed by atoms with Gasteiger partial charge in [-0.25, -0.2) is 0 Å². The fourth-order valence-corrected chi connectivity index (χ4v) is 0.803. The van der Waals surface area contributed by atoms with Crippen LogP contribution in [0.3, 0.4) is 0 Å². The fraction of sp³-hybridized carbons (Fsp3) is 1.00. The SMILES string of the molecule is CCCCC([S])CC. The molecule has 0 aromatic rings. The summed E-state index contributed by atoms with van der Waals surface area (Å²) in [5, 5.41) is 0.537. The maximum atomic E-state index is 5.10. The van der Waals surface area contributed by atoms with Crippen molar-refractivity contribution in [2.75, 3.05) is 0 Å². The van der Waals surface area contributed by atoms with Crippen LogP contribution in [0.2, 0.25) is 0 Å². The monoisotopic (exact) mass is 131 g/mol. The maximum Gasteiger partial charge on any atom is 0.0149 e. The Morgan fingerprint density at radius 2 is 2.00 bits per heavy atom. The molecule has 0 saturated carbocycles. The van der Waals surface area contributed by atoms with E-state index >= 15 is 0 Å². The first-order chi connectivity index (χ1) is 3.81. The molecular formula is C7H15S. The topological polar surface area (TPSA) is 0 Å². The van der Waals surface area contributed by atoms with E-state index in [2.05, 4.69) is 13.8 Å². The van der Waals surface area contributed by atoms with E-state index in [9.17, 15) is 0 Å². The largest absolute Gasteiger partial charge is 0.0905 e. The Bertz CT molecular complexity index is 43.7. The van der Waals surface area contributed by atoms with Crippen molar-refractivity contribution in [3.05, 3.63) is 0 Å². The Labute approximate surface area is 58.1 Å². The van der Waals surface area contributed by atoms with Crippen LogP contribution in [0.4, 0.5) is 0 Å². The molecule has 0 aromatic carbocycles. The lowest BCUT2D eigenvalue weighted by Crippen LogP contribution is -1.93. The molecule has 0 fully saturated rings. The van der Waals surface area contributed by atoms with E-state index in [1.165, 1.54) is 19.3 Å². The van der Waals surface area contributed by atoms with Gasteiger partial charge in [-0.1, -0.05) is 39.3 Å². The van der Waals surface area contributed by atoms with Crippen molar-refractivity contribution in [1.82, 2.24) is 0 Å². The van der Waals surface area contributed by atoms with E-state index in [1.54, 1.807) is 0 Å². The molecule has 0 saturated heterocycles. The van der Waals surface area contributed by atoms with Gasteiger partial charge in [0.1, 0.15) is 0 Å². The summed E-state index contributed by atoms with van der Waals surface area (Å²) in [4.78, 5) is 0. The highest BCUT2D eigenvalue weighted by Crippen LogP contribution is 2.09. The second-order valence-electron chi connectivity index (χ2n) is 2.17. The van der Waals surface area contributed by atoms with Gasteiger partial charge in [-0.2, -0.15) is 0 Å². The fourth-order valence-electron chi connectivity index (χ4n) is 0.636. The minimum Gasteiger partial charge on any atom is -0.0905 e. The number of hydrogen-bond acceptors (Lipinski definition) is 0. The van der Waals surface area contributed by atoms with Gasteiger partial charge in [0.15, 0.2) is 0 Å². The molecule has 8 heavy (non-hydrogen) atoms. The Balaban J connectivity index is 2.86. The van der Waals surface area contributed by atoms with Crippen LogP contribution in [0.1, 0.15) is 39.5 Å². The van der Waals surface area contributed by atoms with E-state index in [-0.39, 0.29) is 0 Å². The van der Waals surface area contributed by atoms with Gasteiger partial charge in [-0.05, 0) is 12.8 Å². The van der Waals surface area contributed by atoms with Gasteiger partial charge < -0.3 is 0 Å². The lowest BCUT2D eigenvalue weighted by Gasteiger charge is -2.02. The first-order valence-electron chi connectivity index (χ1n) is 3.47. The van der Waals surface area contributed by atoms with Crippen molar-refractivity contribution >= 4 is 12.6 Å². The standard InChI is InChI=1S/C7H15S/c1-3-5-6-7(8)4-2/h7H,3-6H2,1-2H3. The Kier molecular flexibility index (Phi) is 5.73. The average Bonchev–Trinajstić information content (AvgIpc) is 1.83. The highest BCUT2D eigenvalue weighted by molar-refractivity contribution is 7.80. The summed E-state index contributed by atoms with van der Waals surface area (Å²) < 4.78 is 0. The molecule has 0 rings (SSSR count). The second-order valence-corrected chi connectivity index (χ2v) is 2.84. The Hall–Kier alpha value is 0.350. The molecule has 0 aliphatic carbocycles. The molecule has 1 radical (unpaired) electrons. The lowest BCUT2D eigenvalue weighted by molar-refractivity contribution is 0.673. The maximum absolute atomic E-state index is 5.10. The average molecular weight is 131 g/mol. The van der Waals surface area contributed by atoms with E-state index in [0.717, 1.165) is 6.42 Å². The van der Waals surface area contributed by atoms with E-state index in [4.69, 9.17) is 12.6 Å². The third-order valence-corrected chi connectivity index (χ3v) is 1.90. The summed E-state index contributed by atoms with van der Waals surface area (Å²) in [6.45, 7) is 4.37. The van der Waals surface area contributed by atoms with Crippen molar-refractivity contribution in [3.8, 4) is 0 Å². The first kappa shape index (κ1) is 8.35. The predicted octanol–water partition coefficient (Wildman–Crippen LogP) is 3.15. The van der Waals surface area contributed by atoms with Gasteiger partial charge in [0.25, 0.3) is 0 Å². The van der Waals surface area contributed by atoms with Crippen LogP contribution >= 0.6 is 12.6 Å². The quantitative estimate of drug-likeness (QED) is 0.550. The molecule has 0 bridgehead atoms. The molecule has 0 aliphatic rings. The van der Waals surface area contributed by atoms with Gasteiger partial charge >= 0.3 is 0 Å². The summed E-state index contributed by atoms with van der Waals surface area (Å²) in [5.74, 6) is 0. The van der Waals surface area contributed by atoms with Crippen molar-refractivity contribution in [2.45, 2.75) is 44.8 Å². The van der Waals surface area contributed by atoms with Crippen LogP contribution in [0.5, 0.6) is 0 Å². The van der Waals surface area contributed by atoms with Crippen molar-refractivity contribution < 1.29 is 0 Å². The van der Waals surface area contributed by atoms with Gasteiger partial charge in [0, 0.05) is 5.25 Å². The van der Waals surface area contributed by atoms with Crippen LogP contribution in [-0.2, 0) is 0 Å². The van der Waals surface area contributed by atoms with E-state index < -0.39 is 0 Å². The normalized spacial score (nSPS) is 13.9. The number of unbranched alkanes of at least 4 members (excludes halogenated alkanes) is 1. The Morgan fingerprint density at radius 1 is 1.38 bits per heavy atom. The van der Waals surface area contributed by atoms with Gasteiger partial charge in [0.05, 0.1) is 0 Å². The van der Waals surface area contributed by atoms with Gasteiger partial charge in [-0.15, -0.1) is 0 Å². The minimum atomic E-state index is 0.537. The predicted molar refractivity (Wildman–Crippen MR) is 41.2 cm³/mol. The molecule has 1 atom stereocenters. The highest BCUT2D eigenvalue weighted by Gasteiger charge is 1.96. The zero-order chi connectivity index (χ0) is 6.41. The first-order valence-corrected chi connectivity index (χ1v) is 3.94. The molecule has 0 spiro atoms. The Morgan fingerprint density at radius 3 is 2.38 bits per heavy atom. The molecule has 0 N–H and O–H groups in total. The summed E-state index contributed by atoms with van der Waals surface area (Å²) in [6, 6.07) is 0. The zero-order valence-electron chi connectivity index (χ0n) is 5.81. The molecule has 49 valence electrons. The van der Waals surface area contributed by atoms with Gasteiger partial charge in [0.2, 0.25) is 0 Å². The van der Waals surface area contributed by atoms with Crippen LogP contribution in [-0.4, -0.2) is 5.25 Å². The minimum absolute atomic E-state index is 0.537. The van der Waals surface area contributed by atoms with Gasteiger partial charge in [-0.3, -0.25) is 0 Å². The van der Waals surface area contributed by atoms with Crippen LogP contribution in [0.15, 0.2) is 0 Å². The smallest absolute Gasteiger partial charge is 0.0149 e. The van der Waals surface area contributed by atoms with Crippen molar-refractivity contribution in [1.29, 1.82) is 0 Å². The highest BCUT2D eigenvalue weighted by atomic mass is 32.1. The van der Waals surface area contributed by atoms with E-state index in [0.29, 0.717) is 5.25 Å². The summed E-state index contributed by atoms with van der Waals surface area (Å²) in [6.07, 6.45) is 4.99. The number of hydrogen-bond donors (Lipinski definition) is 0. The third-order valence-electron chi connectivity index (χ3n) is 1.33. The lowest BCUT2D eigenvalue weighted by atomic mass is 10.2. The molecule has 0 amide bonds. The molecular weight excluding hydrogens is 116 g/mol. The van der Waals surface area contributed by atoms with Crippen molar-refractivity contribution in [2.24, 2.45) is 0 Å². The molecule has 0 aromatic heterocycles. The number of rotatable bonds is 4. The van der Waals surface area contributed by atoms with E-state index in [1.807, 2.05) is 0 Å². The molecule has 1 unspecified atom stereocenters. The van der Waals surface area contributed by atoms with Crippen LogP contribution in [0, 0.1) is 0 Å². The van der Waals surface area contributed by atoms with Crippen LogP contribution < -0.4 is 0 Å². The summed E-state index contributed by atoms with van der Waals surface area (Å²) in [5.41, 5.74) is 0. The summed E-state index contributed by atoms with van der Waals surface area (Å²) >= 11 is 5.10. The van der Waals surface area contributed by atoms with Crippen LogP contribution in [0.25, 0.3) is 0 Å². The zero-order valence-corrected chi connectivity index (χ0v) is 6.63. The molecule has 1 heteroatoms. The third kappa shape index (κ3) is 4.51. The molecule has 0 heterocycles. The second kappa shape index (κ2) is 5.49. The molecule has 0 aliphatic heterocycles.